The van der Waals surface area contributed by atoms with E-state index >= 15 is 0 Å². The van der Waals surface area contributed by atoms with Crippen molar-refractivity contribution in [2.75, 3.05) is 20.3 Å². The molecule has 1 aromatic heterocycles. The second kappa shape index (κ2) is 12.7. The minimum Gasteiger partial charge on any atom is -0.493 e. The Labute approximate surface area is 254 Å². The second-order valence-electron chi connectivity index (χ2n) is 8.98. The molecule has 0 fully saturated rings. The molecule has 0 amide bonds. The molecule has 1 aliphatic heterocycles. The van der Waals surface area contributed by atoms with Crippen molar-refractivity contribution in [3.05, 3.63) is 131 Å². The lowest BCUT2D eigenvalue weighted by Gasteiger charge is -2.25. The highest BCUT2D eigenvalue weighted by Gasteiger charge is 2.35. The van der Waals surface area contributed by atoms with Gasteiger partial charge < -0.3 is 14.2 Å². The molecule has 9 heteroatoms. The number of thiazole rings is 1. The zero-order chi connectivity index (χ0) is 28.9. The number of benzene rings is 3. The van der Waals surface area contributed by atoms with Gasteiger partial charge in [0.25, 0.3) is 5.56 Å². The molecule has 3 aromatic carbocycles. The average molecular weight is 679 g/mol. The first-order valence-corrected chi connectivity index (χ1v) is 14.8. The van der Waals surface area contributed by atoms with Crippen LogP contribution in [0, 0.1) is 3.57 Å². The Kier molecular flexibility index (Phi) is 8.84. The molecule has 5 rings (SSSR count). The summed E-state index contributed by atoms with van der Waals surface area (Å²) in [7, 11) is 1.58. The number of esters is 1. The summed E-state index contributed by atoms with van der Waals surface area (Å²) in [4.78, 5) is 32.9. The SMILES string of the molecule is C=CCOc1c(I)cc(/C=c2\sc3n(c2=O)[C@H](c2ccccc2)C(C(=O)OCC)=C(c2ccccc2)N=3)cc1OC. The number of carbonyl (C=O) groups excluding carboxylic acids is 1. The molecular weight excluding hydrogens is 651 g/mol. The van der Waals surface area contributed by atoms with E-state index in [0.717, 1.165) is 20.3 Å². The molecule has 0 saturated heterocycles. The summed E-state index contributed by atoms with van der Waals surface area (Å²) in [5.41, 5.74) is 2.88. The number of halogens is 1. The molecule has 1 atom stereocenters. The molecule has 208 valence electrons. The molecule has 7 nitrogen and oxygen atoms in total. The van der Waals surface area contributed by atoms with Crippen LogP contribution in [0.3, 0.4) is 0 Å². The van der Waals surface area contributed by atoms with Gasteiger partial charge in [-0.3, -0.25) is 9.36 Å². The number of hydrogen-bond donors (Lipinski definition) is 0. The smallest absolute Gasteiger partial charge is 0.338 e. The monoisotopic (exact) mass is 678 g/mol. The summed E-state index contributed by atoms with van der Waals surface area (Å²) >= 11 is 3.46. The Bertz CT molecular complexity index is 1810. The van der Waals surface area contributed by atoms with Crippen LogP contribution in [0.25, 0.3) is 11.8 Å². The highest BCUT2D eigenvalue weighted by molar-refractivity contribution is 14.1. The van der Waals surface area contributed by atoms with Gasteiger partial charge in [0.05, 0.1) is 39.1 Å². The summed E-state index contributed by atoms with van der Waals surface area (Å²) < 4.78 is 19.8. The summed E-state index contributed by atoms with van der Waals surface area (Å²) in [5.74, 6) is 0.658. The normalized spacial score (nSPS) is 14.7. The van der Waals surface area contributed by atoms with E-state index in [2.05, 4.69) is 29.2 Å². The van der Waals surface area contributed by atoms with Crippen LogP contribution < -0.4 is 24.4 Å². The maximum atomic E-state index is 14.1. The third kappa shape index (κ3) is 5.77. The van der Waals surface area contributed by atoms with E-state index in [1.165, 1.54) is 11.3 Å². The van der Waals surface area contributed by atoms with Crippen molar-refractivity contribution in [3.63, 3.8) is 0 Å². The van der Waals surface area contributed by atoms with Gasteiger partial charge in [-0.25, -0.2) is 9.79 Å². The Morgan fingerprint density at radius 2 is 1.83 bits per heavy atom. The number of carbonyl (C=O) groups is 1. The van der Waals surface area contributed by atoms with E-state index in [0.29, 0.717) is 38.7 Å². The van der Waals surface area contributed by atoms with Crippen molar-refractivity contribution in [2.24, 2.45) is 4.99 Å². The van der Waals surface area contributed by atoms with Gasteiger partial charge in [0, 0.05) is 5.56 Å². The van der Waals surface area contributed by atoms with Crippen LogP contribution in [-0.2, 0) is 9.53 Å². The molecular formula is C32H27IN2O5S. The Morgan fingerprint density at radius 1 is 1.12 bits per heavy atom. The molecule has 0 bridgehead atoms. The van der Waals surface area contributed by atoms with Gasteiger partial charge in [-0.15, -0.1) is 0 Å². The standard InChI is InChI=1S/C32H27IN2O5S/c1-4-16-40-29-23(33)17-20(18-24(29)38-3)19-25-30(36)35-28(22-14-10-7-11-15-22)26(31(37)39-5-2)27(34-32(35)41-25)21-12-8-6-9-13-21/h4,6-15,17-19,28H,1,5,16H2,2-3H3/b25-19-/t28-/m1/s1. The molecule has 0 unspecified atom stereocenters. The molecule has 41 heavy (non-hydrogen) atoms. The van der Waals surface area contributed by atoms with E-state index in [1.54, 1.807) is 24.7 Å². The van der Waals surface area contributed by atoms with Crippen LogP contribution in [-0.4, -0.2) is 30.9 Å². The van der Waals surface area contributed by atoms with Crippen LogP contribution >= 0.6 is 33.9 Å². The molecule has 0 saturated carbocycles. The third-order valence-corrected chi connectivity index (χ3v) is 8.17. The highest BCUT2D eigenvalue weighted by Crippen LogP contribution is 2.36. The lowest BCUT2D eigenvalue weighted by Crippen LogP contribution is -2.40. The van der Waals surface area contributed by atoms with Crippen molar-refractivity contribution in [2.45, 2.75) is 13.0 Å². The lowest BCUT2D eigenvalue weighted by molar-refractivity contribution is -0.138. The van der Waals surface area contributed by atoms with Gasteiger partial charge in [-0.1, -0.05) is 84.7 Å². The number of rotatable bonds is 9. The molecule has 2 heterocycles. The van der Waals surface area contributed by atoms with Crippen molar-refractivity contribution in [3.8, 4) is 11.5 Å². The second-order valence-corrected chi connectivity index (χ2v) is 11.1. The average Bonchev–Trinajstić information content (AvgIpc) is 3.30. The van der Waals surface area contributed by atoms with Gasteiger partial charge in [0.1, 0.15) is 6.61 Å². The van der Waals surface area contributed by atoms with Crippen LogP contribution in [0.2, 0.25) is 0 Å². The van der Waals surface area contributed by atoms with Crippen LogP contribution in [0.5, 0.6) is 11.5 Å². The van der Waals surface area contributed by atoms with Crippen molar-refractivity contribution in [1.82, 2.24) is 4.57 Å². The first kappa shape index (κ1) is 28.6. The maximum absolute atomic E-state index is 14.1. The number of hydrogen-bond acceptors (Lipinski definition) is 7. The van der Waals surface area contributed by atoms with Crippen LogP contribution in [0.4, 0.5) is 0 Å². The largest absolute Gasteiger partial charge is 0.493 e. The number of nitrogens with zero attached hydrogens (tertiary/aromatic N) is 2. The predicted molar refractivity (Wildman–Crippen MR) is 169 cm³/mol. The zero-order valence-corrected chi connectivity index (χ0v) is 25.5. The fourth-order valence-electron chi connectivity index (χ4n) is 4.65. The fraction of sp³-hybridized carbons (Fsp3) is 0.156. The van der Waals surface area contributed by atoms with Crippen molar-refractivity contribution in [1.29, 1.82) is 0 Å². The molecule has 1 aliphatic rings. The number of aromatic nitrogens is 1. The summed E-state index contributed by atoms with van der Waals surface area (Å²) in [5, 5.41) is 0. The minimum absolute atomic E-state index is 0.198. The number of methoxy groups -OCH3 is 1. The Hall–Kier alpha value is -3.96. The highest BCUT2D eigenvalue weighted by atomic mass is 127. The van der Waals surface area contributed by atoms with E-state index in [1.807, 2.05) is 78.9 Å². The maximum Gasteiger partial charge on any atom is 0.338 e. The molecule has 0 radical (unpaired) electrons. The van der Waals surface area contributed by atoms with Gasteiger partial charge in [-0.2, -0.15) is 0 Å². The Balaban J connectivity index is 1.76. The predicted octanol–water partition coefficient (Wildman–Crippen LogP) is 5.11. The van der Waals surface area contributed by atoms with E-state index in [4.69, 9.17) is 19.2 Å². The van der Waals surface area contributed by atoms with E-state index < -0.39 is 12.0 Å². The summed E-state index contributed by atoms with van der Waals surface area (Å²) in [6.07, 6.45) is 3.48. The van der Waals surface area contributed by atoms with Crippen LogP contribution in [0.15, 0.2) is 101 Å². The molecule has 4 aromatic rings. The summed E-state index contributed by atoms with van der Waals surface area (Å²) in [6.45, 7) is 6.01. The fourth-order valence-corrected chi connectivity index (χ4v) is 6.43. The number of fused-ring (bicyclic) bond motifs is 1. The van der Waals surface area contributed by atoms with Crippen molar-refractivity contribution >= 4 is 51.7 Å². The molecule has 0 spiro atoms. The zero-order valence-electron chi connectivity index (χ0n) is 22.5. The van der Waals surface area contributed by atoms with E-state index in [9.17, 15) is 9.59 Å². The quantitative estimate of drug-likeness (QED) is 0.140. The van der Waals surface area contributed by atoms with Gasteiger partial charge >= 0.3 is 5.97 Å². The van der Waals surface area contributed by atoms with Gasteiger partial charge in [-0.05, 0) is 58.9 Å². The minimum atomic E-state index is -0.715. The Morgan fingerprint density at radius 3 is 2.49 bits per heavy atom. The van der Waals surface area contributed by atoms with Gasteiger partial charge in [0.2, 0.25) is 0 Å². The van der Waals surface area contributed by atoms with Crippen molar-refractivity contribution < 1.29 is 19.0 Å². The summed E-state index contributed by atoms with van der Waals surface area (Å²) in [6, 6.07) is 22.0. The topological polar surface area (TPSA) is 79.1 Å². The lowest BCUT2D eigenvalue weighted by atomic mass is 9.93. The van der Waals surface area contributed by atoms with Crippen LogP contribution in [0.1, 0.15) is 29.7 Å². The molecule has 0 N–H and O–H groups in total. The molecule has 0 aliphatic carbocycles. The first-order valence-electron chi connectivity index (χ1n) is 12.9. The third-order valence-electron chi connectivity index (χ3n) is 6.38. The number of ether oxygens (including phenoxy) is 3. The van der Waals surface area contributed by atoms with Gasteiger partial charge in [0.15, 0.2) is 16.3 Å². The van der Waals surface area contributed by atoms with E-state index in [-0.39, 0.29) is 12.2 Å². The first-order chi connectivity index (χ1) is 20.0.